The molecule has 1 aliphatic heterocycles. The molecule has 2 aromatic rings. The van der Waals surface area contributed by atoms with Gasteiger partial charge in [0.1, 0.15) is 11.3 Å². The first kappa shape index (κ1) is 15.1. The number of furan rings is 1. The van der Waals surface area contributed by atoms with Crippen molar-refractivity contribution in [2.75, 3.05) is 11.5 Å². The van der Waals surface area contributed by atoms with E-state index in [0.29, 0.717) is 12.2 Å². The maximum atomic E-state index is 12.1. The molecule has 0 spiro atoms. The van der Waals surface area contributed by atoms with Crippen LogP contribution >= 0.6 is 0 Å². The molecular weight excluding hydrogens is 302 g/mol. The number of nitrogens with one attached hydrogen (secondary N) is 1. The monoisotopic (exact) mass is 321 g/mol. The molecule has 1 fully saturated rings. The quantitative estimate of drug-likeness (QED) is 0.938. The second-order valence-electron chi connectivity index (χ2n) is 5.95. The molecule has 1 N–H and O–H groups in total. The van der Waals surface area contributed by atoms with Crippen molar-refractivity contribution in [2.24, 2.45) is 5.92 Å². The Morgan fingerprint density at radius 2 is 2.18 bits per heavy atom. The molecule has 0 saturated carbocycles. The van der Waals surface area contributed by atoms with Gasteiger partial charge < -0.3 is 9.73 Å². The van der Waals surface area contributed by atoms with Crippen molar-refractivity contribution in [2.45, 2.75) is 25.8 Å². The Balaban J connectivity index is 1.61. The Labute approximate surface area is 129 Å². The normalized spacial score (nSPS) is 21.8. The molecule has 1 aromatic carbocycles. The van der Waals surface area contributed by atoms with Crippen LogP contribution < -0.4 is 5.32 Å². The van der Waals surface area contributed by atoms with Crippen LogP contribution in [0, 0.1) is 5.92 Å². The van der Waals surface area contributed by atoms with Gasteiger partial charge in [0.25, 0.3) is 0 Å². The molecule has 118 valence electrons. The van der Waals surface area contributed by atoms with Crippen molar-refractivity contribution < 1.29 is 17.6 Å². The molecule has 1 aromatic heterocycles. The van der Waals surface area contributed by atoms with Crippen molar-refractivity contribution in [3.05, 3.63) is 36.1 Å². The summed E-state index contributed by atoms with van der Waals surface area (Å²) in [5, 5.41) is 3.88. The number of hydrogen-bond acceptors (Lipinski definition) is 4. The van der Waals surface area contributed by atoms with Gasteiger partial charge in [-0.2, -0.15) is 0 Å². The predicted molar refractivity (Wildman–Crippen MR) is 84.1 cm³/mol. The molecule has 2 atom stereocenters. The minimum Gasteiger partial charge on any atom is -0.459 e. The Hall–Kier alpha value is -1.82. The highest BCUT2D eigenvalue weighted by atomic mass is 32.2. The Morgan fingerprint density at radius 1 is 1.41 bits per heavy atom. The highest BCUT2D eigenvalue weighted by Crippen LogP contribution is 2.25. The summed E-state index contributed by atoms with van der Waals surface area (Å²) in [7, 11) is -2.94. The second kappa shape index (κ2) is 5.76. The highest BCUT2D eigenvalue weighted by Gasteiger charge is 2.29. The number of fused-ring (bicyclic) bond motifs is 1. The zero-order chi connectivity index (χ0) is 15.7. The topological polar surface area (TPSA) is 76.4 Å². The summed E-state index contributed by atoms with van der Waals surface area (Å²) < 4.78 is 28.6. The largest absolute Gasteiger partial charge is 0.459 e. The van der Waals surface area contributed by atoms with Gasteiger partial charge in [-0.3, -0.25) is 4.79 Å². The maximum absolute atomic E-state index is 12.1. The standard InChI is InChI=1S/C16H19NO4S/c1-11(15-9-13-4-2-3-5-14(13)21-15)17-16(18)8-12-6-7-22(19,20)10-12/h2-5,9,11-12H,6-8,10H2,1H3,(H,17,18)/t11-,12-/m1/s1. The Kier molecular flexibility index (Phi) is 3.95. The lowest BCUT2D eigenvalue weighted by Crippen LogP contribution is -2.28. The summed E-state index contributed by atoms with van der Waals surface area (Å²) in [6, 6.07) is 9.36. The molecule has 1 aliphatic rings. The van der Waals surface area contributed by atoms with E-state index in [-0.39, 0.29) is 35.8 Å². The molecule has 0 unspecified atom stereocenters. The van der Waals surface area contributed by atoms with E-state index in [1.165, 1.54) is 0 Å². The lowest BCUT2D eigenvalue weighted by Gasteiger charge is -2.13. The summed E-state index contributed by atoms with van der Waals surface area (Å²) in [5.74, 6) is 0.834. The molecule has 0 radical (unpaired) electrons. The predicted octanol–water partition coefficient (Wildman–Crippen LogP) is 2.43. The van der Waals surface area contributed by atoms with Crippen molar-refractivity contribution in [3.63, 3.8) is 0 Å². The van der Waals surface area contributed by atoms with Crippen LogP contribution in [-0.2, 0) is 14.6 Å². The van der Waals surface area contributed by atoms with Gasteiger partial charge in [0.15, 0.2) is 9.84 Å². The highest BCUT2D eigenvalue weighted by molar-refractivity contribution is 7.91. The van der Waals surface area contributed by atoms with Gasteiger partial charge in [0, 0.05) is 11.8 Å². The molecule has 2 heterocycles. The summed E-state index contributed by atoms with van der Waals surface area (Å²) in [6.45, 7) is 1.86. The zero-order valence-electron chi connectivity index (χ0n) is 12.4. The Morgan fingerprint density at radius 3 is 2.86 bits per heavy atom. The lowest BCUT2D eigenvalue weighted by atomic mass is 10.0. The summed E-state index contributed by atoms with van der Waals surface area (Å²) in [6.07, 6.45) is 0.832. The van der Waals surface area contributed by atoms with Crippen molar-refractivity contribution in [1.29, 1.82) is 0 Å². The second-order valence-corrected chi connectivity index (χ2v) is 8.18. The fraction of sp³-hybridized carbons (Fsp3) is 0.438. The minimum atomic E-state index is -2.94. The van der Waals surface area contributed by atoms with E-state index in [1.54, 1.807) is 0 Å². The first-order chi connectivity index (χ1) is 10.4. The summed E-state index contributed by atoms with van der Waals surface area (Å²) in [4.78, 5) is 12.1. The number of amides is 1. The first-order valence-corrected chi connectivity index (χ1v) is 9.23. The van der Waals surface area contributed by atoms with Crippen molar-refractivity contribution in [3.8, 4) is 0 Å². The molecular formula is C16H19NO4S. The average molecular weight is 321 g/mol. The summed E-state index contributed by atoms with van der Waals surface area (Å²) >= 11 is 0. The van der Waals surface area contributed by atoms with Gasteiger partial charge in [-0.1, -0.05) is 18.2 Å². The summed E-state index contributed by atoms with van der Waals surface area (Å²) in [5.41, 5.74) is 0.792. The third kappa shape index (κ3) is 3.32. The van der Waals surface area contributed by atoms with Gasteiger partial charge >= 0.3 is 0 Å². The number of carbonyl (C=O) groups excluding carboxylic acids is 1. The van der Waals surface area contributed by atoms with Crippen molar-refractivity contribution >= 4 is 26.7 Å². The number of benzene rings is 1. The molecule has 6 heteroatoms. The van der Waals surface area contributed by atoms with Crippen LogP contribution in [0.25, 0.3) is 11.0 Å². The van der Waals surface area contributed by atoms with Gasteiger partial charge in [-0.15, -0.1) is 0 Å². The molecule has 5 nitrogen and oxygen atoms in total. The number of carbonyl (C=O) groups is 1. The third-order valence-electron chi connectivity index (χ3n) is 4.05. The van der Waals surface area contributed by atoms with E-state index >= 15 is 0 Å². The van der Waals surface area contributed by atoms with Crippen LogP contribution in [0.4, 0.5) is 0 Å². The van der Waals surface area contributed by atoms with E-state index in [9.17, 15) is 13.2 Å². The zero-order valence-corrected chi connectivity index (χ0v) is 13.2. The van der Waals surface area contributed by atoms with Gasteiger partial charge in [-0.25, -0.2) is 8.42 Å². The van der Waals surface area contributed by atoms with Gasteiger partial charge in [0.2, 0.25) is 5.91 Å². The van der Waals surface area contributed by atoms with Crippen LogP contribution in [0.15, 0.2) is 34.7 Å². The maximum Gasteiger partial charge on any atom is 0.220 e. The van der Waals surface area contributed by atoms with Crippen LogP contribution in [-0.4, -0.2) is 25.8 Å². The van der Waals surface area contributed by atoms with Gasteiger partial charge in [0.05, 0.1) is 17.5 Å². The van der Waals surface area contributed by atoms with Crippen LogP contribution in [0.1, 0.15) is 31.6 Å². The smallest absolute Gasteiger partial charge is 0.220 e. The number of rotatable bonds is 4. The van der Waals surface area contributed by atoms with Crippen molar-refractivity contribution in [1.82, 2.24) is 5.32 Å². The fourth-order valence-corrected chi connectivity index (χ4v) is 4.74. The van der Waals surface area contributed by atoms with E-state index in [1.807, 2.05) is 37.3 Å². The van der Waals surface area contributed by atoms with Crippen LogP contribution in [0.5, 0.6) is 0 Å². The van der Waals surface area contributed by atoms with E-state index in [0.717, 1.165) is 11.0 Å². The first-order valence-electron chi connectivity index (χ1n) is 7.41. The SMILES string of the molecule is C[C@@H](NC(=O)C[C@H]1CCS(=O)(=O)C1)c1cc2ccccc2o1. The third-order valence-corrected chi connectivity index (χ3v) is 5.89. The van der Waals surface area contributed by atoms with E-state index < -0.39 is 9.84 Å². The van der Waals surface area contributed by atoms with E-state index in [2.05, 4.69) is 5.32 Å². The molecule has 1 amide bonds. The average Bonchev–Trinajstić information content (AvgIpc) is 3.01. The Bertz CT molecular complexity index is 760. The number of sulfone groups is 1. The fourth-order valence-electron chi connectivity index (χ4n) is 2.88. The molecule has 1 saturated heterocycles. The van der Waals surface area contributed by atoms with Crippen LogP contribution in [0.2, 0.25) is 0 Å². The molecule has 22 heavy (non-hydrogen) atoms. The van der Waals surface area contributed by atoms with Gasteiger partial charge in [-0.05, 0) is 31.4 Å². The number of hydrogen-bond donors (Lipinski definition) is 1. The molecule has 0 bridgehead atoms. The lowest BCUT2D eigenvalue weighted by molar-refractivity contribution is -0.122. The van der Waals surface area contributed by atoms with E-state index in [4.69, 9.17) is 4.42 Å². The number of para-hydroxylation sites is 1. The minimum absolute atomic E-state index is 0.0622. The molecule has 0 aliphatic carbocycles. The molecule has 3 rings (SSSR count). The van der Waals surface area contributed by atoms with Crippen LogP contribution in [0.3, 0.4) is 0 Å².